The van der Waals surface area contributed by atoms with Crippen molar-refractivity contribution in [1.29, 1.82) is 0 Å². The van der Waals surface area contributed by atoms with E-state index >= 15 is 0 Å². The number of nitrogens with two attached hydrogens (primary N) is 1. The zero-order valence-corrected chi connectivity index (χ0v) is 10.2. The number of nitrogens with one attached hydrogen (secondary N) is 1. The Bertz CT molecular complexity index is 326. The second-order valence-corrected chi connectivity index (χ2v) is 5.06. The Morgan fingerprint density at radius 2 is 2.12 bits per heavy atom. The molecule has 1 heterocycles. The first kappa shape index (κ1) is 11.6. The molecule has 1 aromatic heterocycles. The van der Waals surface area contributed by atoms with Gasteiger partial charge in [-0.3, -0.25) is 5.84 Å². The standard InChI is InChI=1S/C12H22N4/c1-9-3-5-10(6-4-9)11(15-13)12-14-7-8-16(12)2/h7-11,15H,3-6,13H2,1-2H3. The van der Waals surface area contributed by atoms with Gasteiger partial charge in [0.15, 0.2) is 0 Å². The highest BCUT2D eigenvalue weighted by atomic mass is 15.3. The van der Waals surface area contributed by atoms with Crippen LogP contribution in [0.4, 0.5) is 0 Å². The number of imidazole rings is 1. The van der Waals surface area contributed by atoms with E-state index in [2.05, 4.69) is 21.9 Å². The molecule has 0 aromatic carbocycles. The van der Waals surface area contributed by atoms with Crippen molar-refractivity contribution in [3.63, 3.8) is 0 Å². The maximum Gasteiger partial charge on any atom is 0.127 e. The molecule has 0 bridgehead atoms. The van der Waals surface area contributed by atoms with Gasteiger partial charge in [0.05, 0.1) is 6.04 Å². The maximum absolute atomic E-state index is 5.70. The van der Waals surface area contributed by atoms with Crippen molar-refractivity contribution in [2.45, 2.75) is 38.6 Å². The summed E-state index contributed by atoms with van der Waals surface area (Å²) in [5, 5.41) is 0. The summed E-state index contributed by atoms with van der Waals surface area (Å²) in [5.74, 6) is 8.25. The second-order valence-electron chi connectivity index (χ2n) is 5.06. The largest absolute Gasteiger partial charge is 0.337 e. The van der Waals surface area contributed by atoms with Gasteiger partial charge >= 0.3 is 0 Å². The lowest BCUT2D eigenvalue weighted by molar-refractivity contribution is 0.224. The second kappa shape index (κ2) is 4.97. The third-order valence-corrected chi connectivity index (χ3v) is 3.85. The molecule has 16 heavy (non-hydrogen) atoms. The maximum atomic E-state index is 5.70. The summed E-state index contributed by atoms with van der Waals surface area (Å²) in [5.41, 5.74) is 2.95. The van der Waals surface area contributed by atoms with Crippen molar-refractivity contribution in [3.8, 4) is 0 Å². The van der Waals surface area contributed by atoms with Crippen molar-refractivity contribution in [2.75, 3.05) is 0 Å². The summed E-state index contributed by atoms with van der Waals surface area (Å²) in [6.07, 6.45) is 8.95. The number of rotatable bonds is 3. The van der Waals surface area contributed by atoms with Gasteiger partial charge in [-0.15, -0.1) is 0 Å². The van der Waals surface area contributed by atoms with Crippen LogP contribution < -0.4 is 11.3 Å². The monoisotopic (exact) mass is 222 g/mol. The molecule has 4 heteroatoms. The van der Waals surface area contributed by atoms with Crippen molar-refractivity contribution in [2.24, 2.45) is 24.7 Å². The minimum atomic E-state index is 0.201. The van der Waals surface area contributed by atoms with Crippen molar-refractivity contribution >= 4 is 0 Å². The van der Waals surface area contributed by atoms with Crippen LogP contribution in [0.15, 0.2) is 12.4 Å². The Morgan fingerprint density at radius 3 is 2.62 bits per heavy atom. The molecule has 90 valence electrons. The number of hydrogen-bond donors (Lipinski definition) is 2. The highest BCUT2D eigenvalue weighted by molar-refractivity contribution is 5.01. The van der Waals surface area contributed by atoms with Crippen molar-refractivity contribution in [1.82, 2.24) is 15.0 Å². The fraction of sp³-hybridized carbons (Fsp3) is 0.750. The van der Waals surface area contributed by atoms with E-state index < -0.39 is 0 Å². The number of nitrogens with zero attached hydrogens (tertiary/aromatic N) is 2. The lowest BCUT2D eigenvalue weighted by Gasteiger charge is -2.31. The molecule has 1 atom stereocenters. The molecule has 1 aliphatic carbocycles. The van der Waals surface area contributed by atoms with E-state index in [0.717, 1.165) is 11.7 Å². The van der Waals surface area contributed by atoms with Gasteiger partial charge in [-0.25, -0.2) is 10.4 Å². The molecule has 0 spiro atoms. The topological polar surface area (TPSA) is 55.9 Å². The average Bonchev–Trinajstić information content (AvgIpc) is 2.69. The van der Waals surface area contributed by atoms with Gasteiger partial charge < -0.3 is 4.57 Å². The summed E-state index contributed by atoms with van der Waals surface area (Å²) in [7, 11) is 2.03. The lowest BCUT2D eigenvalue weighted by atomic mass is 9.79. The summed E-state index contributed by atoms with van der Waals surface area (Å²) >= 11 is 0. The predicted octanol–water partition coefficient (Wildman–Crippen LogP) is 1.75. The van der Waals surface area contributed by atoms with Gasteiger partial charge in [0, 0.05) is 19.4 Å². The molecule has 1 aliphatic rings. The smallest absolute Gasteiger partial charge is 0.127 e. The van der Waals surface area contributed by atoms with E-state index in [1.165, 1.54) is 25.7 Å². The van der Waals surface area contributed by atoms with Gasteiger partial charge in [-0.2, -0.15) is 0 Å². The molecule has 0 aliphatic heterocycles. The third kappa shape index (κ3) is 2.28. The number of aromatic nitrogens is 2. The molecule has 3 N–H and O–H groups in total. The summed E-state index contributed by atoms with van der Waals surface area (Å²) in [4.78, 5) is 4.40. The van der Waals surface area contributed by atoms with Crippen LogP contribution in [0.3, 0.4) is 0 Å². The van der Waals surface area contributed by atoms with Gasteiger partial charge in [-0.05, 0) is 24.7 Å². The van der Waals surface area contributed by atoms with E-state index in [4.69, 9.17) is 5.84 Å². The number of aryl methyl sites for hydroxylation is 1. The summed E-state index contributed by atoms with van der Waals surface area (Å²) < 4.78 is 2.06. The van der Waals surface area contributed by atoms with Crippen LogP contribution in [0, 0.1) is 11.8 Å². The fourth-order valence-electron chi connectivity index (χ4n) is 2.72. The minimum absolute atomic E-state index is 0.201. The predicted molar refractivity (Wildman–Crippen MR) is 64.4 cm³/mol. The van der Waals surface area contributed by atoms with Crippen LogP contribution in [0.2, 0.25) is 0 Å². The number of hydrogen-bond acceptors (Lipinski definition) is 3. The molecule has 1 unspecified atom stereocenters. The van der Waals surface area contributed by atoms with E-state index in [9.17, 15) is 0 Å². The molecule has 1 aromatic rings. The third-order valence-electron chi connectivity index (χ3n) is 3.85. The molecule has 1 saturated carbocycles. The molecular weight excluding hydrogens is 200 g/mol. The molecular formula is C12H22N4. The van der Waals surface area contributed by atoms with Crippen LogP contribution in [-0.2, 0) is 7.05 Å². The Kier molecular flexibility index (Phi) is 3.61. The van der Waals surface area contributed by atoms with Gasteiger partial charge in [-0.1, -0.05) is 19.8 Å². The quantitative estimate of drug-likeness (QED) is 0.605. The Morgan fingerprint density at radius 1 is 1.44 bits per heavy atom. The van der Waals surface area contributed by atoms with Crippen LogP contribution in [0.25, 0.3) is 0 Å². The van der Waals surface area contributed by atoms with Gasteiger partial charge in [0.2, 0.25) is 0 Å². The fourth-order valence-corrected chi connectivity index (χ4v) is 2.72. The van der Waals surface area contributed by atoms with Gasteiger partial charge in [0.1, 0.15) is 5.82 Å². The van der Waals surface area contributed by atoms with Crippen molar-refractivity contribution in [3.05, 3.63) is 18.2 Å². The number of hydrazine groups is 1. The first-order valence-electron chi connectivity index (χ1n) is 6.15. The average molecular weight is 222 g/mol. The van der Waals surface area contributed by atoms with Crippen LogP contribution >= 0.6 is 0 Å². The van der Waals surface area contributed by atoms with E-state index in [0.29, 0.717) is 5.92 Å². The minimum Gasteiger partial charge on any atom is -0.337 e. The Balaban J connectivity index is 2.08. The van der Waals surface area contributed by atoms with E-state index in [1.807, 2.05) is 19.4 Å². The molecule has 0 amide bonds. The van der Waals surface area contributed by atoms with E-state index in [1.54, 1.807) is 0 Å². The Hall–Kier alpha value is -0.870. The molecule has 0 radical (unpaired) electrons. The van der Waals surface area contributed by atoms with Crippen LogP contribution in [0.5, 0.6) is 0 Å². The molecule has 4 nitrogen and oxygen atoms in total. The normalized spacial score (nSPS) is 27.9. The van der Waals surface area contributed by atoms with E-state index in [-0.39, 0.29) is 6.04 Å². The van der Waals surface area contributed by atoms with Crippen LogP contribution in [0.1, 0.15) is 44.5 Å². The zero-order chi connectivity index (χ0) is 11.5. The SMILES string of the molecule is CC1CCC(C(NN)c2nccn2C)CC1. The highest BCUT2D eigenvalue weighted by Gasteiger charge is 2.28. The first-order valence-corrected chi connectivity index (χ1v) is 6.15. The molecule has 0 saturated heterocycles. The van der Waals surface area contributed by atoms with Crippen LogP contribution in [-0.4, -0.2) is 9.55 Å². The zero-order valence-electron chi connectivity index (χ0n) is 10.2. The summed E-state index contributed by atoms with van der Waals surface area (Å²) in [6, 6.07) is 0.201. The molecule has 2 rings (SSSR count). The Labute approximate surface area is 97.2 Å². The highest BCUT2D eigenvalue weighted by Crippen LogP contribution is 2.35. The van der Waals surface area contributed by atoms with Gasteiger partial charge in [0.25, 0.3) is 0 Å². The first-order chi connectivity index (χ1) is 7.72. The summed E-state index contributed by atoms with van der Waals surface area (Å²) in [6.45, 7) is 2.34. The lowest BCUT2D eigenvalue weighted by Crippen LogP contribution is -2.36. The molecule has 1 fully saturated rings. The van der Waals surface area contributed by atoms with Crippen molar-refractivity contribution < 1.29 is 0 Å².